The van der Waals surface area contributed by atoms with Crippen molar-refractivity contribution < 1.29 is 9.84 Å². The minimum Gasteiger partial charge on any atom is -0.504 e. The Bertz CT molecular complexity index is 1050. The van der Waals surface area contributed by atoms with E-state index in [2.05, 4.69) is 53.4 Å². The van der Waals surface area contributed by atoms with Crippen LogP contribution in [0.5, 0.6) is 17.2 Å². The first-order valence-corrected chi connectivity index (χ1v) is 11.2. The normalized spacial score (nSPS) is 27.2. The number of para-hydroxylation sites is 2. The molecule has 3 aliphatic heterocycles. The second kappa shape index (κ2) is 7.17. The minimum atomic E-state index is 0.247. The average molecular weight is 398 g/mol. The number of hydrogen-bond donors (Lipinski definition) is 1. The van der Waals surface area contributed by atoms with E-state index in [0.717, 1.165) is 17.9 Å². The van der Waals surface area contributed by atoms with Gasteiger partial charge in [0.05, 0.1) is 0 Å². The highest BCUT2D eigenvalue weighted by atomic mass is 16.5. The van der Waals surface area contributed by atoms with Gasteiger partial charge in [0.25, 0.3) is 0 Å². The van der Waals surface area contributed by atoms with Gasteiger partial charge in [-0.15, -0.1) is 0 Å². The van der Waals surface area contributed by atoms with E-state index in [1.807, 2.05) is 18.2 Å². The van der Waals surface area contributed by atoms with Crippen LogP contribution in [0, 0.1) is 5.92 Å². The number of aromatic hydroxyl groups is 1. The molecule has 0 saturated carbocycles. The minimum absolute atomic E-state index is 0.247. The first-order chi connectivity index (χ1) is 14.8. The van der Waals surface area contributed by atoms with E-state index in [1.54, 1.807) is 6.07 Å². The highest BCUT2D eigenvalue weighted by Gasteiger charge is 2.45. The molecule has 0 aliphatic carbocycles. The van der Waals surface area contributed by atoms with Gasteiger partial charge in [-0.25, -0.2) is 0 Å². The van der Waals surface area contributed by atoms with Crippen LogP contribution in [0.1, 0.15) is 48.3 Å². The van der Waals surface area contributed by atoms with E-state index >= 15 is 0 Å². The van der Waals surface area contributed by atoms with Crippen LogP contribution in [0.25, 0.3) is 0 Å². The Hall–Kier alpha value is -2.78. The van der Waals surface area contributed by atoms with Crippen molar-refractivity contribution in [3.8, 4) is 17.2 Å². The fourth-order valence-electron chi connectivity index (χ4n) is 6.15. The molecule has 3 heterocycles. The molecule has 3 aromatic rings. The van der Waals surface area contributed by atoms with Gasteiger partial charge in [0.1, 0.15) is 5.75 Å². The predicted molar refractivity (Wildman–Crippen MR) is 118 cm³/mol. The maximum atomic E-state index is 10.5. The number of benzene rings is 3. The van der Waals surface area contributed by atoms with Crippen molar-refractivity contribution in [2.75, 3.05) is 0 Å². The highest BCUT2D eigenvalue weighted by Crippen LogP contribution is 2.54. The molecule has 3 unspecified atom stereocenters. The Balaban J connectivity index is 1.33. The molecule has 6 rings (SSSR count). The summed E-state index contributed by atoms with van der Waals surface area (Å²) in [6, 6.07) is 26.4. The van der Waals surface area contributed by atoms with Crippen molar-refractivity contribution in [1.29, 1.82) is 0 Å². The van der Waals surface area contributed by atoms with Crippen LogP contribution in [0.3, 0.4) is 0 Å². The molecule has 2 saturated heterocycles. The zero-order valence-corrected chi connectivity index (χ0v) is 17.1. The smallest absolute Gasteiger partial charge is 0.172 e. The van der Waals surface area contributed by atoms with Crippen molar-refractivity contribution in [3.63, 3.8) is 0 Å². The third-order valence-corrected chi connectivity index (χ3v) is 7.43. The van der Waals surface area contributed by atoms with Crippen molar-refractivity contribution in [2.45, 2.75) is 50.2 Å². The molecule has 0 radical (unpaired) electrons. The number of nitrogens with zero attached hydrogens (tertiary/aromatic N) is 1. The van der Waals surface area contributed by atoms with E-state index in [1.165, 1.54) is 36.8 Å². The van der Waals surface area contributed by atoms with Gasteiger partial charge in [0, 0.05) is 35.7 Å². The van der Waals surface area contributed by atoms with Crippen LogP contribution in [-0.4, -0.2) is 22.1 Å². The summed E-state index contributed by atoms with van der Waals surface area (Å²) in [6.45, 7) is 1.06. The van der Waals surface area contributed by atoms with Gasteiger partial charge in [-0.1, -0.05) is 60.7 Å². The van der Waals surface area contributed by atoms with Gasteiger partial charge in [0.2, 0.25) is 0 Å². The third kappa shape index (κ3) is 2.92. The first kappa shape index (κ1) is 18.0. The van der Waals surface area contributed by atoms with Crippen LogP contribution in [0.4, 0.5) is 0 Å². The lowest BCUT2D eigenvalue weighted by Crippen LogP contribution is -2.43. The summed E-state index contributed by atoms with van der Waals surface area (Å²) >= 11 is 0. The molecule has 1 N–H and O–H groups in total. The van der Waals surface area contributed by atoms with Gasteiger partial charge in [-0.3, -0.25) is 4.90 Å². The Morgan fingerprint density at radius 3 is 2.30 bits per heavy atom. The molecule has 2 fully saturated rings. The quantitative estimate of drug-likeness (QED) is 0.582. The number of phenolic OH excluding ortho intramolecular Hbond substituents is 1. The maximum absolute atomic E-state index is 10.5. The Morgan fingerprint density at radius 1 is 0.800 bits per heavy atom. The summed E-state index contributed by atoms with van der Waals surface area (Å²) in [5.74, 6) is 2.66. The van der Waals surface area contributed by atoms with E-state index < -0.39 is 0 Å². The van der Waals surface area contributed by atoms with Crippen LogP contribution < -0.4 is 4.74 Å². The van der Waals surface area contributed by atoms with E-state index in [-0.39, 0.29) is 5.75 Å². The second-order valence-electron chi connectivity index (χ2n) is 9.09. The molecule has 3 aromatic carbocycles. The molecule has 3 nitrogen and oxygen atoms in total. The van der Waals surface area contributed by atoms with Crippen LogP contribution in [0.2, 0.25) is 0 Å². The Labute approximate surface area is 177 Å². The Kier molecular flexibility index (Phi) is 4.31. The predicted octanol–water partition coefficient (Wildman–Crippen LogP) is 6.07. The summed E-state index contributed by atoms with van der Waals surface area (Å²) < 4.78 is 6.14. The fraction of sp³-hybridized carbons (Fsp3) is 0.333. The fourth-order valence-corrected chi connectivity index (χ4v) is 6.15. The topological polar surface area (TPSA) is 32.7 Å². The average Bonchev–Trinajstić information content (AvgIpc) is 3.00. The zero-order chi connectivity index (χ0) is 20.1. The standard InChI is InChI=1S/C27H27NO2/c29-24-11-6-10-23-26(22-9-4-5-12-25(22)30-27(23)24)19-15-20-13-14-21(16-19)28(20)17-18-7-2-1-3-8-18/h1-12,19-21,26,29H,13-17H2. The lowest BCUT2D eigenvalue weighted by atomic mass is 9.72. The van der Waals surface area contributed by atoms with Crippen LogP contribution in [0.15, 0.2) is 72.8 Å². The van der Waals surface area contributed by atoms with Gasteiger partial charge >= 0.3 is 0 Å². The van der Waals surface area contributed by atoms with Crippen molar-refractivity contribution in [2.24, 2.45) is 5.92 Å². The van der Waals surface area contributed by atoms with E-state index in [9.17, 15) is 5.11 Å². The summed E-state index contributed by atoms with van der Waals surface area (Å²) in [4.78, 5) is 2.75. The summed E-state index contributed by atoms with van der Waals surface area (Å²) in [6.07, 6.45) is 5.01. The lowest BCUT2D eigenvalue weighted by Gasteiger charge is -2.43. The summed E-state index contributed by atoms with van der Waals surface area (Å²) in [5.41, 5.74) is 3.84. The number of hydrogen-bond acceptors (Lipinski definition) is 3. The van der Waals surface area contributed by atoms with Crippen LogP contribution in [-0.2, 0) is 6.54 Å². The molecule has 3 heteroatoms. The zero-order valence-electron chi connectivity index (χ0n) is 17.1. The number of phenols is 1. The highest BCUT2D eigenvalue weighted by molar-refractivity contribution is 5.58. The van der Waals surface area contributed by atoms with Crippen LogP contribution >= 0.6 is 0 Å². The molecule has 0 spiro atoms. The van der Waals surface area contributed by atoms with Crippen molar-refractivity contribution >= 4 is 0 Å². The van der Waals surface area contributed by atoms with Gasteiger partial charge in [-0.2, -0.15) is 0 Å². The molecule has 30 heavy (non-hydrogen) atoms. The van der Waals surface area contributed by atoms with Gasteiger partial charge in [0.15, 0.2) is 11.5 Å². The van der Waals surface area contributed by atoms with Gasteiger partial charge < -0.3 is 9.84 Å². The lowest BCUT2D eigenvalue weighted by molar-refractivity contribution is 0.0888. The number of rotatable bonds is 3. The molecule has 152 valence electrons. The summed E-state index contributed by atoms with van der Waals surface area (Å²) in [5, 5.41) is 10.5. The molecule has 3 aliphatic rings. The van der Waals surface area contributed by atoms with Crippen molar-refractivity contribution in [1.82, 2.24) is 4.90 Å². The first-order valence-electron chi connectivity index (χ1n) is 11.2. The number of piperidine rings is 1. The molecular formula is C27H27NO2. The van der Waals surface area contributed by atoms with E-state index in [4.69, 9.17) is 4.74 Å². The second-order valence-corrected chi connectivity index (χ2v) is 9.09. The molecule has 0 amide bonds. The number of ether oxygens (including phenoxy) is 1. The SMILES string of the molecule is Oc1cccc2c1Oc1ccccc1C2C1CC2CCC(C1)N2Cc1ccccc1. The molecule has 2 bridgehead atoms. The monoisotopic (exact) mass is 397 g/mol. The van der Waals surface area contributed by atoms with Crippen molar-refractivity contribution in [3.05, 3.63) is 89.5 Å². The third-order valence-electron chi connectivity index (χ3n) is 7.43. The largest absolute Gasteiger partial charge is 0.504 e. The molecular weight excluding hydrogens is 370 g/mol. The van der Waals surface area contributed by atoms with E-state index in [0.29, 0.717) is 29.7 Å². The Morgan fingerprint density at radius 2 is 1.50 bits per heavy atom. The van der Waals surface area contributed by atoms with Gasteiger partial charge in [-0.05, 0) is 49.3 Å². The number of fused-ring (bicyclic) bond motifs is 4. The maximum Gasteiger partial charge on any atom is 0.172 e. The molecule has 0 aromatic heterocycles. The molecule has 3 atom stereocenters. The summed E-state index contributed by atoms with van der Waals surface area (Å²) in [7, 11) is 0.